The number of Topliss-reactive ketones (excluding diaryl/α,β-unsaturated/α-hetero) is 1. The van der Waals surface area contributed by atoms with Crippen LogP contribution in [0.15, 0.2) is 42.0 Å². The second kappa shape index (κ2) is 9.26. The average molecular weight is 480 g/mol. The van der Waals surface area contributed by atoms with Crippen LogP contribution in [-0.4, -0.2) is 61.3 Å². The standard InChI is InChI=1S/C27H29NO7/c1-15-11-17-12-16(6-9-21(17)35-15)25(29)23-24(20-8-7-18(32-2)13-22(20)33-3)28(27(31)26(23)30)14-19-5-4-10-34-19/h6-9,12-13,15,19,24,29H,4-5,10-11,14H2,1-3H3/t15-,19+,24+/m0/s1. The zero-order valence-corrected chi connectivity index (χ0v) is 20.1. The Labute approximate surface area is 204 Å². The van der Waals surface area contributed by atoms with E-state index in [1.165, 1.54) is 12.0 Å². The van der Waals surface area contributed by atoms with Crippen molar-refractivity contribution in [1.29, 1.82) is 0 Å². The molecule has 2 aromatic carbocycles. The van der Waals surface area contributed by atoms with Gasteiger partial charge in [0.15, 0.2) is 0 Å². The number of fused-ring (bicyclic) bond motifs is 1. The van der Waals surface area contributed by atoms with Crippen molar-refractivity contribution in [3.8, 4) is 17.2 Å². The molecule has 5 rings (SSSR count). The smallest absolute Gasteiger partial charge is 0.295 e. The fourth-order valence-corrected chi connectivity index (χ4v) is 5.17. The van der Waals surface area contributed by atoms with E-state index in [4.69, 9.17) is 18.9 Å². The molecule has 184 valence electrons. The highest BCUT2D eigenvalue weighted by atomic mass is 16.5. The van der Waals surface area contributed by atoms with Crippen LogP contribution in [-0.2, 0) is 20.7 Å². The average Bonchev–Trinajstić information content (AvgIpc) is 3.57. The number of carbonyl (C=O) groups is 2. The summed E-state index contributed by atoms with van der Waals surface area (Å²) in [5.41, 5.74) is 2.04. The van der Waals surface area contributed by atoms with Gasteiger partial charge in [-0.3, -0.25) is 9.59 Å². The van der Waals surface area contributed by atoms with Crippen LogP contribution >= 0.6 is 0 Å². The van der Waals surface area contributed by atoms with E-state index >= 15 is 0 Å². The van der Waals surface area contributed by atoms with Gasteiger partial charge in [0.1, 0.15) is 29.1 Å². The maximum absolute atomic E-state index is 13.4. The molecule has 0 spiro atoms. The summed E-state index contributed by atoms with van der Waals surface area (Å²) < 4.78 is 22.5. The molecule has 0 radical (unpaired) electrons. The van der Waals surface area contributed by atoms with E-state index in [0.29, 0.717) is 35.7 Å². The summed E-state index contributed by atoms with van der Waals surface area (Å²) in [4.78, 5) is 28.1. The van der Waals surface area contributed by atoms with E-state index in [9.17, 15) is 14.7 Å². The van der Waals surface area contributed by atoms with Gasteiger partial charge in [-0.2, -0.15) is 0 Å². The van der Waals surface area contributed by atoms with Gasteiger partial charge in [0.25, 0.3) is 11.7 Å². The zero-order valence-electron chi connectivity index (χ0n) is 20.1. The number of hydrogen-bond donors (Lipinski definition) is 1. The van der Waals surface area contributed by atoms with Gasteiger partial charge in [-0.15, -0.1) is 0 Å². The van der Waals surface area contributed by atoms with Crippen molar-refractivity contribution in [2.75, 3.05) is 27.4 Å². The number of likely N-dealkylation sites (tertiary alicyclic amines) is 1. The maximum Gasteiger partial charge on any atom is 0.295 e. The lowest BCUT2D eigenvalue weighted by Gasteiger charge is -2.28. The zero-order chi connectivity index (χ0) is 24.7. The minimum Gasteiger partial charge on any atom is -0.507 e. The number of ketones is 1. The number of carbonyl (C=O) groups excluding carboxylic acids is 2. The Morgan fingerprint density at radius 1 is 1.14 bits per heavy atom. The molecule has 1 amide bonds. The molecule has 35 heavy (non-hydrogen) atoms. The number of rotatable bonds is 6. The molecule has 3 heterocycles. The molecule has 2 fully saturated rings. The van der Waals surface area contributed by atoms with Crippen molar-refractivity contribution in [2.24, 2.45) is 0 Å². The first kappa shape index (κ1) is 23.2. The summed E-state index contributed by atoms with van der Waals surface area (Å²) >= 11 is 0. The highest BCUT2D eigenvalue weighted by molar-refractivity contribution is 6.46. The molecular formula is C27H29NO7. The number of nitrogens with zero attached hydrogens (tertiary/aromatic N) is 1. The van der Waals surface area contributed by atoms with E-state index in [2.05, 4.69) is 0 Å². The van der Waals surface area contributed by atoms with Crippen LogP contribution in [0.4, 0.5) is 0 Å². The van der Waals surface area contributed by atoms with Crippen LogP contribution < -0.4 is 14.2 Å². The molecule has 3 atom stereocenters. The second-order valence-corrected chi connectivity index (χ2v) is 9.15. The predicted molar refractivity (Wildman–Crippen MR) is 128 cm³/mol. The fourth-order valence-electron chi connectivity index (χ4n) is 5.17. The number of methoxy groups -OCH3 is 2. The molecule has 8 heteroatoms. The van der Waals surface area contributed by atoms with Gasteiger partial charge >= 0.3 is 0 Å². The van der Waals surface area contributed by atoms with Gasteiger partial charge in [-0.25, -0.2) is 0 Å². The molecule has 1 N–H and O–H groups in total. The van der Waals surface area contributed by atoms with Gasteiger partial charge in [-0.05, 0) is 55.7 Å². The molecule has 2 aromatic rings. The SMILES string of the molecule is COc1ccc([C@@H]2C(=C(O)c3ccc4c(c3)C[C@H](C)O4)C(=O)C(=O)N2C[C@H]2CCCO2)c(OC)c1. The summed E-state index contributed by atoms with van der Waals surface area (Å²) in [6, 6.07) is 9.71. The van der Waals surface area contributed by atoms with Gasteiger partial charge < -0.3 is 29.0 Å². The Hall–Kier alpha value is -3.52. The lowest BCUT2D eigenvalue weighted by Crippen LogP contribution is -2.36. The van der Waals surface area contributed by atoms with E-state index in [-0.39, 0.29) is 30.1 Å². The van der Waals surface area contributed by atoms with Crippen LogP contribution in [0.5, 0.6) is 17.2 Å². The second-order valence-electron chi connectivity index (χ2n) is 9.15. The summed E-state index contributed by atoms with van der Waals surface area (Å²) in [6.45, 7) is 2.85. The van der Waals surface area contributed by atoms with Gasteiger partial charge in [0.05, 0.1) is 31.9 Å². The van der Waals surface area contributed by atoms with E-state index in [1.54, 1.807) is 37.4 Å². The van der Waals surface area contributed by atoms with Crippen molar-refractivity contribution in [3.63, 3.8) is 0 Å². The first-order valence-electron chi connectivity index (χ1n) is 11.8. The normalized spacial score (nSPS) is 25.0. The lowest BCUT2D eigenvalue weighted by molar-refractivity contribution is -0.140. The van der Waals surface area contributed by atoms with E-state index < -0.39 is 17.7 Å². The van der Waals surface area contributed by atoms with Crippen molar-refractivity contribution >= 4 is 17.4 Å². The number of aliphatic hydroxyl groups excluding tert-OH is 1. The van der Waals surface area contributed by atoms with Gasteiger partial charge in [0, 0.05) is 36.8 Å². The third-order valence-corrected chi connectivity index (χ3v) is 6.87. The van der Waals surface area contributed by atoms with Gasteiger partial charge in [-0.1, -0.05) is 0 Å². The van der Waals surface area contributed by atoms with Crippen molar-refractivity contribution < 1.29 is 33.6 Å². The Kier molecular flexibility index (Phi) is 6.15. The third kappa shape index (κ3) is 4.12. The third-order valence-electron chi connectivity index (χ3n) is 6.87. The molecule has 0 unspecified atom stereocenters. The molecular weight excluding hydrogens is 450 g/mol. The van der Waals surface area contributed by atoms with Crippen LogP contribution in [0.25, 0.3) is 5.76 Å². The summed E-state index contributed by atoms with van der Waals surface area (Å²) in [6.07, 6.45) is 2.29. The Morgan fingerprint density at radius 3 is 2.69 bits per heavy atom. The van der Waals surface area contributed by atoms with Crippen LogP contribution in [0.3, 0.4) is 0 Å². The summed E-state index contributed by atoms with van der Waals surface area (Å²) in [5, 5.41) is 11.4. The van der Waals surface area contributed by atoms with Crippen LogP contribution in [0, 0.1) is 0 Å². The minimum absolute atomic E-state index is 0.0309. The quantitative estimate of drug-likeness (QED) is 0.384. The summed E-state index contributed by atoms with van der Waals surface area (Å²) in [7, 11) is 3.07. The molecule has 0 saturated carbocycles. The topological polar surface area (TPSA) is 94.5 Å². The maximum atomic E-state index is 13.4. The molecule has 0 aromatic heterocycles. The lowest BCUT2D eigenvalue weighted by atomic mass is 9.93. The largest absolute Gasteiger partial charge is 0.507 e. The van der Waals surface area contributed by atoms with Crippen molar-refractivity contribution in [1.82, 2.24) is 4.90 Å². The minimum atomic E-state index is -0.830. The fraction of sp³-hybridized carbons (Fsp3) is 0.407. The van der Waals surface area contributed by atoms with Crippen molar-refractivity contribution in [2.45, 2.75) is 44.4 Å². The molecule has 8 nitrogen and oxygen atoms in total. The first-order chi connectivity index (χ1) is 16.9. The number of amides is 1. The molecule has 0 aliphatic carbocycles. The Balaban J connectivity index is 1.64. The monoisotopic (exact) mass is 479 g/mol. The molecule has 3 aliphatic heterocycles. The Morgan fingerprint density at radius 2 is 1.97 bits per heavy atom. The Bertz CT molecular complexity index is 1200. The highest BCUT2D eigenvalue weighted by Gasteiger charge is 2.48. The van der Waals surface area contributed by atoms with Crippen LogP contribution in [0.1, 0.15) is 42.5 Å². The van der Waals surface area contributed by atoms with Crippen LogP contribution in [0.2, 0.25) is 0 Å². The van der Waals surface area contributed by atoms with Crippen molar-refractivity contribution in [3.05, 3.63) is 58.7 Å². The number of hydrogen-bond acceptors (Lipinski definition) is 7. The van der Waals surface area contributed by atoms with Gasteiger partial charge in [0.2, 0.25) is 0 Å². The number of ether oxygens (including phenoxy) is 4. The summed E-state index contributed by atoms with van der Waals surface area (Å²) in [5.74, 6) is 0.186. The molecule has 3 aliphatic rings. The van der Waals surface area contributed by atoms with E-state index in [0.717, 1.165) is 24.2 Å². The highest BCUT2D eigenvalue weighted by Crippen LogP contribution is 2.44. The predicted octanol–water partition coefficient (Wildman–Crippen LogP) is 3.63. The van der Waals surface area contributed by atoms with E-state index in [1.807, 2.05) is 13.0 Å². The number of benzene rings is 2. The number of aliphatic hydroxyl groups is 1. The first-order valence-corrected chi connectivity index (χ1v) is 11.8. The molecule has 2 saturated heterocycles. The molecule has 0 bridgehead atoms.